The normalized spacial score (nSPS) is 13.9. The highest BCUT2D eigenvalue weighted by Gasteiger charge is 2.37. The SMILES string of the molecule is OC(CNCc1cnc2cnc(Br)cn12)C(F)(F)F. The number of imidazole rings is 1. The first-order chi connectivity index (χ1) is 8.88. The number of nitrogens with zero attached hydrogens (tertiary/aromatic N) is 3. The second-order valence-electron chi connectivity index (χ2n) is 3.88. The number of aliphatic hydroxyl groups is 1. The van der Waals surface area contributed by atoms with Crippen molar-refractivity contribution in [2.45, 2.75) is 18.8 Å². The Kier molecular flexibility index (Phi) is 4.07. The third-order valence-electron chi connectivity index (χ3n) is 2.46. The summed E-state index contributed by atoms with van der Waals surface area (Å²) in [6.45, 7) is -0.409. The number of hydrogen-bond acceptors (Lipinski definition) is 4. The minimum Gasteiger partial charge on any atom is -0.382 e. The van der Waals surface area contributed by atoms with Gasteiger partial charge in [-0.1, -0.05) is 0 Å². The first kappa shape index (κ1) is 14.2. The van der Waals surface area contributed by atoms with Crippen molar-refractivity contribution < 1.29 is 18.3 Å². The lowest BCUT2D eigenvalue weighted by Crippen LogP contribution is -2.38. The smallest absolute Gasteiger partial charge is 0.382 e. The number of rotatable bonds is 4. The molecule has 0 aromatic carbocycles. The highest BCUT2D eigenvalue weighted by atomic mass is 79.9. The number of fused-ring (bicyclic) bond motifs is 1. The summed E-state index contributed by atoms with van der Waals surface area (Å²) in [5.74, 6) is 0. The van der Waals surface area contributed by atoms with Gasteiger partial charge < -0.3 is 10.4 Å². The third-order valence-corrected chi connectivity index (χ3v) is 2.87. The number of hydrogen-bond donors (Lipinski definition) is 2. The molecule has 0 aliphatic carbocycles. The van der Waals surface area contributed by atoms with Crippen molar-refractivity contribution in [3.8, 4) is 0 Å². The fourth-order valence-electron chi connectivity index (χ4n) is 1.50. The number of halogens is 4. The minimum absolute atomic E-state index is 0.157. The highest BCUT2D eigenvalue weighted by molar-refractivity contribution is 9.10. The maximum absolute atomic E-state index is 12.1. The van der Waals surface area contributed by atoms with Crippen LogP contribution in [0.5, 0.6) is 0 Å². The van der Waals surface area contributed by atoms with Crippen LogP contribution in [-0.4, -0.2) is 38.3 Å². The van der Waals surface area contributed by atoms with Gasteiger partial charge in [0.2, 0.25) is 0 Å². The van der Waals surface area contributed by atoms with E-state index in [-0.39, 0.29) is 6.54 Å². The van der Waals surface area contributed by atoms with Gasteiger partial charge in [-0.05, 0) is 15.9 Å². The first-order valence-electron chi connectivity index (χ1n) is 5.31. The van der Waals surface area contributed by atoms with Crippen LogP contribution in [0.15, 0.2) is 23.2 Å². The van der Waals surface area contributed by atoms with Crippen LogP contribution in [0.1, 0.15) is 5.69 Å². The van der Waals surface area contributed by atoms with E-state index in [1.165, 1.54) is 12.4 Å². The van der Waals surface area contributed by atoms with Gasteiger partial charge in [0, 0.05) is 19.3 Å². The fourth-order valence-corrected chi connectivity index (χ4v) is 1.81. The zero-order valence-electron chi connectivity index (χ0n) is 9.52. The minimum atomic E-state index is -4.61. The van der Waals surface area contributed by atoms with E-state index in [1.54, 1.807) is 10.6 Å². The topological polar surface area (TPSA) is 62.5 Å². The summed E-state index contributed by atoms with van der Waals surface area (Å²) < 4.78 is 38.6. The monoisotopic (exact) mass is 338 g/mol. The highest BCUT2D eigenvalue weighted by Crippen LogP contribution is 2.19. The number of alkyl halides is 3. The molecular weight excluding hydrogens is 329 g/mol. The fraction of sp³-hybridized carbons (Fsp3) is 0.400. The molecule has 19 heavy (non-hydrogen) atoms. The molecule has 1 atom stereocenters. The molecule has 2 aromatic rings. The third kappa shape index (κ3) is 3.43. The molecule has 1 unspecified atom stereocenters. The maximum atomic E-state index is 12.1. The Morgan fingerprint density at radius 1 is 1.37 bits per heavy atom. The molecule has 2 aromatic heterocycles. The van der Waals surface area contributed by atoms with Crippen LogP contribution in [0.4, 0.5) is 13.2 Å². The van der Waals surface area contributed by atoms with E-state index in [0.717, 1.165) is 0 Å². The molecular formula is C10H10BrF3N4O. The molecule has 0 bridgehead atoms. The Bertz CT molecular complexity index is 571. The van der Waals surface area contributed by atoms with E-state index in [2.05, 4.69) is 31.2 Å². The van der Waals surface area contributed by atoms with Crippen LogP contribution in [0.25, 0.3) is 5.65 Å². The van der Waals surface area contributed by atoms with E-state index >= 15 is 0 Å². The van der Waals surface area contributed by atoms with Crippen molar-refractivity contribution in [2.75, 3.05) is 6.54 Å². The van der Waals surface area contributed by atoms with Crippen molar-refractivity contribution in [1.82, 2.24) is 19.7 Å². The van der Waals surface area contributed by atoms with Gasteiger partial charge in [0.1, 0.15) is 4.60 Å². The summed E-state index contributed by atoms with van der Waals surface area (Å²) in [5.41, 5.74) is 1.27. The number of aromatic nitrogens is 3. The van der Waals surface area contributed by atoms with Crippen molar-refractivity contribution >= 4 is 21.6 Å². The average Bonchev–Trinajstić information content (AvgIpc) is 2.70. The molecule has 0 amide bonds. The lowest BCUT2D eigenvalue weighted by molar-refractivity contribution is -0.201. The molecule has 0 radical (unpaired) electrons. The second-order valence-corrected chi connectivity index (χ2v) is 4.69. The summed E-state index contributed by atoms with van der Waals surface area (Å²) in [7, 11) is 0. The van der Waals surface area contributed by atoms with Crippen molar-refractivity contribution in [2.24, 2.45) is 0 Å². The summed E-state index contributed by atoms with van der Waals surface area (Å²) in [6, 6.07) is 0. The molecule has 0 spiro atoms. The van der Waals surface area contributed by atoms with Gasteiger partial charge >= 0.3 is 6.18 Å². The van der Waals surface area contributed by atoms with E-state index in [1.807, 2.05) is 0 Å². The Hall–Kier alpha value is -1.19. The van der Waals surface area contributed by atoms with Crippen LogP contribution in [0.3, 0.4) is 0 Å². The Labute approximate surface area is 114 Å². The molecule has 0 fully saturated rings. The quantitative estimate of drug-likeness (QED) is 0.886. The van der Waals surface area contributed by atoms with E-state index in [9.17, 15) is 13.2 Å². The molecule has 2 N–H and O–H groups in total. The van der Waals surface area contributed by atoms with E-state index < -0.39 is 18.8 Å². The zero-order valence-corrected chi connectivity index (χ0v) is 11.1. The van der Waals surface area contributed by atoms with Gasteiger partial charge in [-0.2, -0.15) is 13.2 Å². The van der Waals surface area contributed by atoms with E-state index in [4.69, 9.17) is 5.11 Å². The average molecular weight is 339 g/mol. The van der Waals surface area contributed by atoms with Crippen molar-refractivity contribution in [1.29, 1.82) is 0 Å². The van der Waals surface area contributed by atoms with Crippen molar-refractivity contribution in [3.05, 3.63) is 28.9 Å². The standard InChI is InChI=1S/C10H10BrF3N4O/c11-8-5-18-6(2-17-9(18)4-16-8)1-15-3-7(19)10(12,13)14/h2,4-5,7,15,19H,1,3H2. The molecule has 5 nitrogen and oxygen atoms in total. The zero-order chi connectivity index (χ0) is 14.0. The lowest BCUT2D eigenvalue weighted by Gasteiger charge is -2.14. The Balaban J connectivity index is 2.01. The van der Waals surface area contributed by atoms with Crippen molar-refractivity contribution in [3.63, 3.8) is 0 Å². The van der Waals surface area contributed by atoms with Gasteiger partial charge in [-0.15, -0.1) is 0 Å². The molecule has 9 heteroatoms. The van der Waals surface area contributed by atoms with Crippen LogP contribution < -0.4 is 5.32 Å². The van der Waals surface area contributed by atoms with Gasteiger partial charge in [0.15, 0.2) is 11.8 Å². The molecule has 0 aliphatic heterocycles. The van der Waals surface area contributed by atoms with Gasteiger partial charge in [-0.25, -0.2) is 9.97 Å². The van der Waals surface area contributed by atoms with Crippen LogP contribution in [0.2, 0.25) is 0 Å². The van der Waals surface area contributed by atoms with E-state index in [0.29, 0.717) is 15.9 Å². The van der Waals surface area contributed by atoms with Crippen LogP contribution in [-0.2, 0) is 6.54 Å². The van der Waals surface area contributed by atoms with Gasteiger partial charge in [0.05, 0.1) is 18.1 Å². The molecule has 0 saturated heterocycles. The van der Waals surface area contributed by atoms with Gasteiger partial charge in [0.25, 0.3) is 0 Å². The lowest BCUT2D eigenvalue weighted by atomic mass is 10.3. The van der Waals surface area contributed by atoms with Gasteiger partial charge in [-0.3, -0.25) is 4.40 Å². The Morgan fingerprint density at radius 2 is 2.11 bits per heavy atom. The first-order valence-corrected chi connectivity index (χ1v) is 6.10. The molecule has 104 valence electrons. The van der Waals surface area contributed by atoms with Crippen LogP contribution in [0, 0.1) is 0 Å². The summed E-state index contributed by atoms with van der Waals surface area (Å²) in [4.78, 5) is 8.05. The summed E-state index contributed by atoms with van der Waals surface area (Å²) in [5, 5.41) is 11.4. The number of aliphatic hydroxyl groups excluding tert-OH is 1. The predicted octanol–water partition coefficient (Wildman–Crippen LogP) is 1.50. The largest absolute Gasteiger partial charge is 0.415 e. The predicted molar refractivity (Wildman–Crippen MR) is 64.5 cm³/mol. The Morgan fingerprint density at radius 3 is 2.79 bits per heavy atom. The summed E-state index contributed by atoms with van der Waals surface area (Å²) in [6.07, 6.45) is -2.24. The molecule has 2 rings (SSSR count). The van der Waals surface area contributed by atoms with Crippen LogP contribution >= 0.6 is 15.9 Å². The number of nitrogens with one attached hydrogen (secondary N) is 1. The molecule has 0 saturated carbocycles. The molecule has 0 aliphatic rings. The second kappa shape index (κ2) is 5.43. The summed E-state index contributed by atoms with van der Waals surface area (Å²) >= 11 is 3.20. The maximum Gasteiger partial charge on any atom is 0.415 e. The molecule has 2 heterocycles.